The molecule has 0 aromatic heterocycles. The number of rotatable bonds is 13. The lowest BCUT2D eigenvalue weighted by Crippen LogP contribution is -2.42. The molecule has 0 spiro atoms. The molecule has 0 bridgehead atoms. The zero-order valence-corrected chi connectivity index (χ0v) is 27.8. The number of piperidine rings is 2. The molecule has 2 heterocycles. The highest BCUT2D eigenvalue weighted by Crippen LogP contribution is 2.28. The van der Waals surface area contributed by atoms with Gasteiger partial charge < -0.3 is 20.3 Å². The highest BCUT2D eigenvalue weighted by atomic mass is 16.6. The minimum Gasteiger partial charge on any atom is -0.446 e. The number of anilines is 1. The number of ketones is 1. The minimum absolute atomic E-state index is 0.0838. The van der Waals surface area contributed by atoms with Crippen LogP contribution in [0, 0.1) is 5.92 Å². The van der Waals surface area contributed by atoms with Gasteiger partial charge in [-0.1, -0.05) is 72.8 Å². The van der Waals surface area contributed by atoms with Crippen LogP contribution in [0.2, 0.25) is 0 Å². The molecule has 3 aromatic carbocycles. The first-order chi connectivity index (χ1) is 22.8. The molecule has 9 nitrogen and oxygen atoms in total. The number of ether oxygens (including phenoxy) is 1. The molecule has 3 N–H and O–H groups in total. The van der Waals surface area contributed by atoms with E-state index in [-0.39, 0.29) is 29.8 Å². The minimum atomic E-state index is -0.423. The van der Waals surface area contributed by atoms with Gasteiger partial charge in [0.1, 0.15) is 6.10 Å². The molecule has 2 saturated heterocycles. The van der Waals surface area contributed by atoms with E-state index in [9.17, 15) is 14.4 Å². The Morgan fingerprint density at radius 3 is 2.17 bits per heavy atom. The van der Waals surface area contributed by atoms with Crippen LogP contribution in [0.3, 0.4) is 0 Å². The average Bonchev–Trinajstić information content (AvgIpc) is 3.08. The lowest BCUT2D eigenvalue weighted by molar-refractivity contribution is -0.127. The molecule has 0 saturated carbocycles. The van der Waals surface area contributed by atoms with Crippen molar-refractivity contribution >= 4 is 23.5 Å². The van der Waals surface area contributed by atoms with Gasteiger partial charge in [0, 0.05) is 55.8 Å². The Morgan fingerprint density at radius 2 is 1.47 bits per heavy atom. The van der Waals surface area contributed by atoms with Crippen molar-refractivity contribution in [2.75, 3.05) is 51.1 Å². The van der Waals surface area contributed by atoms with Crippen LogP contribution in [0.4, 0.5) is 10.5 Å². The van der Waals surface area contributed by atoms with Crippen LogP contribution in [0.1, 0.15) is 55.5 Å². The summed E-state index contributed by atoms with van der Waals surface area (Å²) in [6.45, 7) is 10.2. The zero-order chi connectivity index (χ0) is 33.0. The van der Waals surface area contributed by atoms with Gasteiger partial charge in [-0.05, 0) is 69.8 Å². The van der Waals surface area contributed by atoms with Gasteiger partial charge in [-0.15, -0.1) is 0 Å². The molecular formula is C38H49N5O4. The van der Waals surface area contributed by atoms with Crippen molar-refractivity contribution in [2.24, 2.45) is 5.92 Å². The van der Waals surface area contributed by atoms with Crippen LogP contribution in [-0.4, -0.2) is 85.5 Å². The number of Topliss-reactive ketones (excluding diaryl/α,β-unsaturated/α-hetero) is 1. The molecule has 0 radical (unpaired) electrons. The van der Waals surface area contributed by atoms with E-state index in [4.69, 9.17) is 4.74 Å². The maximum Gasteiger partial charge on any atom is 0.411 e. The normalized spacial score (nSPS) is 16.6. The zero-order valence-electron chi connectivity index (χ0n) is 27.8. The van der Waals surface area contributed by atoms with E-state index in [1.54, 1.807) is 0 Å². The summed E-state index contributed by atoms with van der Waals surface area (Å²) in [7, 11) is 0. The summed E-state index contributed by atoms with van der Waals surface area (Å²) in [6.07, 6.45) is 2.79. The first-order valence-electron chi connectivity index (χ1n) is 17.0. The molecule has 2 fully saturated rings. The van der Waals surface area contributed by atoms with Crippen molar-refractivity contribution in [2.45, 2.75) is 58.2 Å². The number of nitrogens with one attached hydrogen (secondary N) is 3. The molecule has 2 aliphatic heterocycles. The molecular weight excluding hydrogens is 590 g/mol. The van der Waals surface area contributed by atoms with Gasteiger partial charge in [-0.3, -0.25) is 19.8 Å². The second kappa shape index (κ2) is 17.2. The molecule has 250 valence electrons. The predicted octanol–water partition coefficient (Wildman–Crippen LogP) is 5.58. The summed E-state index contributed by atoms with van der Waals surface area (Å²) in [5.41, 5.74) is 4.63. The Morgan fingerprint density at radius 1 is 0.809 bits per heavy atom. The van der Waals surface area contributed by atoms with E-state index in [0.29, 0.717) is 12.1 Å². The van der Waals surface area contributed by atoms with Crippen LogP contribution in [0.5, 0.6) is 0 Å². The molecule has 2 amide bonds. The SMILES string of the molecule is CC(C)NC(=O)C1CCN(Cc2ccc(C(=O)CNCCN3CCC(OC(=O)Nc4ccccc4-c4ccccc4)CC3)cc2)CC1. The van der Waals surface area contributed by atoms with Gasteiger partial charge >= 0.3 is 6.09 Å². The van der Waals surface area contributed by atoms with E-state index in [1.165, 1.54) is 5.56 Å². The van der Waals surface area contributed by atoms with Crippen LogP contribution >= 0.6 is 0 Å². The number of benzene rings is 3. The molecule has 2 aliphatic rings. The Hall–Kier alpha value is -4.05. The lowest BCUT2D eigenvalue weighted by atomic mass is 9.95. The molecule has 5 rings (SSSR count). The fraction of sp³-hybridized carbons (Fsp3) is 0.447. The second-order valence-corrected chi connectivity index (χ2v) is 13.0. The van der Waals surface area contributed by atoms with Crippen LogP contribution in [0.25, 0.3) is 11.1 Å². The summed E-state index contributed by atoms with van der Waals surface area (Å²) >= 11 is 0. The fourth-order valence-electron chi connectivity index (χ4n) is 6.35. The van der Waals surface area contributed by atoms with Crippen molar-refractivity contribution < 1.29 is 19.1 Å². The van der Waals surface area contributed by atoms with Gasteiger partial charge in [0.2, 0.25) is 5.91 Å². The second-order valence-electron chi connectivity index (χ2n) is 13.0. The van der Waals surface area contributed by atoms with Gasteiger partial charge in [0.05, 0.1) is 12.2 Å². The fourth-order valence-corrected chi connectivity index (χ4v) is 6.35. The standard InChI is InChI=1S/C38H49N5O4/c1-28(2)40-37(45)32-16-21-43(22-17-32)27-29-12-14-31(15-13-29)36(44)26-39-20-25-42-23-18-33(19-24-42)47-38(46)41-35-11-7-6-10-34(35)30-8-4-3-5-9-30/h3-15,28,32-33,39H,16-27H2,1-2H3,(H,40,45)(H,41,46). The third-order valence-corrected chi connectivity index (χ3v) is 9.02. The van der Waals surface area contributed by atoms with E-state index >= 15 is 0 Å². The Balaban J connectivity index is 0.950. The van der Waals surface area contributed by atoms with Gasteiger partial charge in [-0.2, -0.15) is 0 Å². The molecule has 0 atom stereocenters. The summed E-state index contributed by atoms with van der Waals surface area (Å²) in [5.74, 6) is 0.365. The predicted molar refractivity (Wildman–Crippen MR) is 186 cm³/mol. The number of para-hydroxylation sites is 1. The maximum absolute atomic E-state index is 12.8. The number of carbonyl (C=O) groups is 3. The Labute approximate surface area is 279 Å². The van der Waals surface area contributed by atoms with Crippen LogP contribution < -0.4 is 16.0 Å². The monoisotopic (exact) mass is 639 g/mol. The number of hydrogen-bond donors (Lipinski definition) is 3. The largest absolute Gasteiger partial charge is 0.446 e. The molecule has 3 aromatic rings. The van der Waals surface area contributed by atoms with Gasteiger partial charge in [0.15, 0.2) is 5.78 Å². The van der Waals surface area contributed by atoms with Crippen LogP contribution in [-0.2, 0) is 16.1 Å². The van der Waals surface area contributed by atoms with Crippen molar-refractivity contribution in [3.8, 4) is 11.1 Å². The van der Waals surface area contributed by atoms with Crippen molar-refractivity contribution in [1.82, 2.24) is 20.4 Å². The van der Waals surface area contributed by atoms with Gasteiger partial charge in [0.25, 0.3) is 0 Å². The van der Waals surface area contributed by atoms with Crippen molar-refractivity contribution in [3.63, 3.8) is 0 Å². The quantitative estimate of drug-likeness (QED) is 0.166. The third kappa shape index (κ3) is 10.5. The highest BCUT2D eigenvalue weighted by molar-refractivity contribution is 5.97. The van der Waals surface area contributed by atoms with Crippen molar-refractivity contribution in [3.05, 3.63) is 90.0 Å². The summed E-state index contributed by atoms with van der Waals surface area (Å²) in [6, 6.07) is 25.8. The molecule has 47 heavy (non-hydrogen) atoms. The van der Waals surface area contributed by atoms with E-state index < -0.39 is 6.09 Å². The first-order valence-corrected chi connectivity index (χ1v) is 17.0. The number of carbonyl (C=O) groups excluding carboxylic acids is 3. The van der Waals surface area contributed by atoms with Crippen LogP contribution in [0.15, 0.2) is 78.9 Å². The Kier molecular flexibility index (Phi) is 12.5. The third-order valence-electron chi connectivity index (χ3n) is 9.02. The number of hydrogen-bond acceptors (Lipinski definition) is 7. The Bertz CT molecular complexity index is 1450. The summed E-state index contributed by atoms with van der Waals surface area (Å²) in [4.78, 5) is 42.5. The number of nitrogens with zero attached hydrogens (tertiary/aromatic N) is 2. The molecule has 0 unspecified atom stereocenters. The number of likely N-dealkylation sites (tertiary alicyclic amines) is 2. The van der Waals surface area contributed by atoms with Gasteiger partial charge in [-0.25, -0.2) is 4.79 Å². The summed E-state index contributed by atoms with van der Waals surface area (Å²) in [5, 5.41) is 9.26. The smallest absolute Gasteiger partial charge is 0.411 e. The lowest BCUT2D eigenvalue weighted by Gasteiger charge is -2.31. The topological polar surface area (TPSA) is 103 Å². The highest BCUT2D eigenvalue weighted by Gasteiger charge is 2.25. The summed E-state index contributed by atoms with van der Waals surface area (Å²) < 4.78 is 5.76. The van der Waals surface area contributed by atoms with E-state index in [0.717, 1.165) is 88.3 Å². The van der Waals surface area contributed by atoms with E-state index in [2.05, 4.69) is 25.8 Å². The number of amides is 2. The first kappa shape index (κ1) is 34.3. The molecule has 0 aliphatic carbocycles. The molecule has 9 heteroatoms. The van der Waals surface area contributed by atoms with E-state index in [1.807, 2.05) is 92.7 Å². The average molecular weight is 640 g/mol. The van der Waals surface area contributed by atoms with Crippen molar-refractivity contribution in [1.29, 1.82) is 0 Å². The maximum atomic E-state index is 12.8.